The van der Waals surface area contributed by atoms with Gasteiger partial charge in [0, 0.05) is 24.1 Å². The second-order valence-corrected chi connectivity index (χ2v) is 16.1. The predicted octanol–water partition coefficient (Wildman–Crippen LogP) is 5.99. The molecule has 2 aromatic carbocycles. The summed E-state index contributed by atoms with van der Waals surface area (Å²) in [4.78, 5) is 10.5. The van der Waals surface area contributed by atoms with Gasteiger partial charge < -0.3 is 28.5 Å². The number of nitro groups is 1. The van der Waals surface area contributed by atoms with E-state index in [0.29, 0.717) is 37.8 Å². The molecule has 0 saturated carbocycles. The van der Waals surface area contributed by atoms with Crippen LogP contribution < -0.4 is 4.74 Å². The van der Waals surface area contributed by atoms with Gasteiger partial charge in [-0.1, -0.05) is 39.0 Å². The molecule has 0 spiro atoms. The van der Waals surface area contributed by atoms with Crippen molar-refractivity contribution in [2.75, 3.05) is 26.4 Å². The molecule has 0 unspecified atom stereocenters. The quantitative estimate of drug-likeness (QED) is 0.216. The summed E-state index contributed by atoms with van der Waals surface area (Å²) >= 11 is 0. The summed E-state index contributed by atoms with van der Waals surface area (Å²) in [6.07, 6.45) is 1.91. The normalized spacial score (nSPS) is 20.5. The molecule has 0 amide bonds. The molecule has 10 heteroatoms. The highest BCUT2D eigenvalue weighted by Crippen LogP contribution is 2.42. The summed E-state index contributed by atoms with van der Waals surface area (Å²) in [5.41, 5.74) is 2.65. The summed E-state index contributed by atoms with van der Waals surface area (Å²) in [6, 6.07) is 12.3. The van der Waals surface area contributed by atoms with E-state index in [2.05, 4.69) is 33.9 Å². The van der Waals surface area contributed by atoms with Crippen LogP contribution >= 0.6 is 0 Å². The Bertz CT molecular complexity index is 1170. The molecule has 2 heterocycles. The predicted molar refractivity (Wildman–Crippen MR) is 149 cm³/mol. The maximum atomic E-state index is 10.9. The van der Waals surface area contributed by atoms with Crippen LogP contribution in [-0.2, 0) is 25.1 Å². The first kappa shape index (κ1) is 29.2. The van der Waals surface area contributed by atoms with Crippen molar-refractivity contribution in [3.05, 3.63) is 81.1 Å². The lowest BCUT2D eigenvalue weighted by Gasteiger charge is -2.37. The molecule has 2 aliphatic rings. The van der Waals surface area contributed by atoms with Crippen molar-refractivity contribution >= 4 is 14.0 Å². The molecule has 2 atom stereocenters. The minimum absolute atomic E-state index is 0.0122. The lowest BCUT2D eigenvalue weighted by Crippen LogP contribution is -2.41. The fraction of sp³-hybridized carbons (Fsp3) is 0.517. The summed E-state index contributed by atoms with van der Waals surface area (Å²) in [6.45, 7) is 12.3. The van der Waals surface area contributed by atoms with E-state index >= 15 is 0 Å². The zero-order valence-corrected chi connectivity index (χ0v) is 24.3. The second kappa shape index (κ2) is 12.2. The monoisotopic (exact) mass is 557 g/mol. The molecule has 0 bridgehead atoms. The van der Waals surface area contributed by atoms with E-state index in [1.165, 1.54) is 12.1 Å². The maximum absolute atomic E-state index is 10.9. The first-order valence-electron chi connectivity index (χ1n) is 13.4. The topological polar surface area (TPSA) is 110 Å². The minimum Gasteiger partial charge on any atom is -0.545 e. The number of ether oxygens (including phenoxy) is 4. The van der Waals surface area contributed by atoms with Crippen molar-refractivity contribution in [3.63, 3.8) is 0 Å². The van der Waals surface area contributed by atoms with Gasteiger partial charge >= 0.3 is 0 Å². The molecule has 2 aliphatic heterocycles. The van der Waals surface area contributed by atoms with Crippen molar-refractivity contribution < 1.29 is 33.4 Å². The molecule has 0 aromatic heterocycles. The summed E-state index contributed by atoms with van der Waals surface area (Å²) < 4.78 is 30.6. The van der Waals surface area contributed by atoms with Crippen LogP contribution in [0, 0.1) is 10.1 Å². The van der Waals surface area contributed by atoms with Crippen molar-refractivity contribution in [3.8, 4) is 5.75 Å². The third-order valence-corrected chi connectivity index (χ3v) is 11.9. The molecule has 1 N–H and O–H groups in total. The molecule has 212 valence electrons. The molecule has 9 nitrogen and oxygen atoms in total. The number of nitro benzene ring substituents is 1. The van der Waals surface area contributed by atoms with Crippen LogP contribution in [0.25, 0.3) is 0 Å². The molecular formula is C29H39NO8Si. The van der Waals surface area contributed by atoms with Crippen molar-refractivity contribution in [2.45, 2.75) is 70.2 Å². The Hall–Kier alpha value is -2.76. The number of hydrogen-bond acceptors (Lipinski definition) is 8. The summed E-state index contributed by atoms with van der Waals surface area (Å²) in [5, 5.41) is 21.0. The lowest BCUT2D eigenvalue weighted by molar-refractivity contribution is -0.384. The van der Waals surface area contributed by atoms with E-state index < -0.39 is 31.7 Å². The molecular weight excluding hydrogens is 518 g/mol. The number of rotatable bonds is 10. The highest BCUT2D eigenvalue weighted by atomic mass is 28.4. The van der Waals surface area contributed by atoms with Gasteiger partial charge in [-0.25, -0.2) is 0 Å². The van der Waals surface area contributed by atoms with Crippen LogP contribution in [0.4, 0.5) is 5.69 Å². The van der Waals surface area contributed by atoms with Crippen molar-refractivity contribution in [1.82, 2.24) is 0 Å². The Morgan fingerprint density at radius 2 is 1.79 bits per heavy atom. The average Bonchev–Trinajstić information content (AvgIpc) is 3.31. The number of nitrogens with zero attached hydrogens (tertiary/aromatic N) is 1. The number of aliphatic hydroxyl groups excluding tert-OH is 1. The first-order valence-corrected chi connectivity index (χ1v) is 16.3. The number of non-ortho nitro benzene ring substituents is 1. The second-order valence-electron chi connectivity index (χ2n) is 11.4. The van der Waals surface area contributed by atoms with Crippen molar-refractivity contribution in [2.24, 2.45) is 0 Å². The van der Waals surface area contributed by atoms with Gasteiger partial charge in [0.2, 0.25) is 8.32 Å². The van der Waals surface area contributed by atoms with Gasteiger partial charge in [0.05, 0.1) is 31.4 Å². The molecule has 2 aromatic rings. The van der Waals surface area contributed by atoms with Crippen LogP contribution in [0.15, 0.2) is 54.3 Å². The number of hydrogen-bond donors (Lipinski definition) is 1. The largest absolute Gasteiger partial charge is 0.545 e. The van der Waals surface area contributed by atoms with E-state index in [1.807, 2.05) is 24.3 Å². The third kappa shape index (κ3) is 7.06. The number of aliphatic hydroxyl groups is 1. The molecule has 39 heavy (non-hydrogen) atoms. The SMILES string of the molecule is CC(C)(C)[Si](C)(C)OC1=C[C@H](c2ccc(C3OCCCO3)c(OCCc3ccc([N+](=O)[O-])cc3)c2)O[C@@H]1CO. The van der Waals surface area contributed by atoms with Crippen molar-refractivity contribution in [1.29, 1.82) is 0 Å². The van der Waals surface area contributed by atoms with Gasteiger partial charge in [0.15, 0.2) is 6.29 Å². The lowest BCUT2D eigenvalue weighted by atomic mass is 10.0. The molecule has 1 fully saturated rings. The van der Waals surface area contributed by atoms with Gasteiger partial charge in [-0.3, -0.25) is 10.1 Å². The van der Waals surface area contributed by atoms with E-state index in [-0.39, 0.29) is 17.3 Å². The highest BCUT2D eigenvalue weighted by Gasteiger charge is 2.42. The average molecular weight is 558 g/mol. The van der Waals surface area contributed by atoms with Crippen LogP contribution in [0.3, 0.4) is 0 Å². The molecule has 4 rings (SSSR count). The van der Waals surface area contributed by atoms with Gasteiger partial charge in [-0.2, -0.15) is 0 Å². The van der Waals surface area contributed by atoms with Gasteiger partial charge in [0.1, 0.15) is 23.7 Å². The van der Waals surface area contributed by atoms with E-state index in [0.717, 1.165) is 23.1 Å². The van der Waals surface area contributed by atoms with E-state index in [4.69, 9.17) is 23.4 Å². The van der Waals surface area contributed by atoms with Gasteiger partial charge in [0.25, 0.3) is 5.69 Å². The third-order valence-electron chi connectivity index (χ3n) is 7.53. The van der Waals surface area contributed by atoms with E-state index in [1.54, 1.807) is 12.1 Å². The fourth-order valence-electron chi connectivity index (χ4n) is 4.17. The zero-order chi connectivity index (χ0) is 28.2. The smallest absolute Gasteiger partial charge is 0.269 e. The van der Waals surface area contributed by atoms with Gasteiger partial charge in [-0.15, -0.1) is 0 Å². The zero-order valence-electron chi connectivity index (χ0n) is 23.3. The fourth-order valence-corrected chi connectivity index (χ4v) is 5.27. The number of benzene rings is 2. The molecule has 0 radical (unpaired) electrons. The summed E-state index contributed by atoms with van der Waals surface area (Å²) in [5.74, 6) is 1.30. The standard InChI is InChI=1S/C29H39NO8Si/c1-29(2,3)39(4,5)38-26-18-24(37-27(26)19-31)21-9-12-23(28-35-14-6-15-36-28)25(17-21)34-16-13-20-7-10-22(11-8-20)30(32)33/h7-12,17-18,24,27-28,31H,6,13-16,19H2,1-5H3/t24-,27-/m1/s1. The Morgan fingerprint density at radius 1 is 1.10 bits per heavy atom. The van der Waals surface area contributed by atoms with Crippen LogP contribution in [0.2, 0.25) is 18.1 Å². The van der Waals surface area contributed by atoms with Crippen LogP contribution in [0.5, 0.6) is 5.75 Å². The highest BCUT2D eigenvalue weighted by molar-refractivity contribution is 6.74. The molecule has 0 aliphatic carbocycles. The maximum Gasteiger partial charge on any atom is 0.269 e. The van der Waals surface area contributed by atoms with E-state index in [9.17, 15) is 15.2 Å². The van der Waals surface area contributed by atoms with Gasteiger partial charge in [-0.05, 0) is 53.9 Å². The Morgan fingerprint density at radius 3 is 2.41 bits per heavy atom. The Labute approximate surface area is 231 Å². The first-order chi connectivity index (χ1) is 18.5. The van der Waals surface area contributed by atoms with Crippen LogP contribution in [-0.4, -0.2) is 50.9 Å². The minimum atomic E-state index is -2.12. The van der Waals surface area contributed by atoms with Crippen LogP contribution in [0.1, 0.15) is 56.3 Å². The molecule has 1 saturated heterocycles. The summed E-state index contributed by atoms with van der Waals surface area (Å²) in [7, 11) is -2.12. The Balaban J connectivity index is 1.54. The Kier molecular flexibility index (Phi) is 9.13.